The summed E-state index contributed by atoms with van der Waals surface area (Å²) in [6.07, 6.45) is 1.57. The normalized spacial score (nSPS) is 11.1. The highest BCUT2D eigenvalue weighted by Gasteiger charge is 2.10. The van der Waals surface area contributed by atoms with E-state index in [1.54, 1.807) is 25.1 Å². The van der Waals surface area contributed by atoms with E-state index < -0.39 is 5.97 Å². The van der Waals surface area contributed by atoms with E-state index in [4.69, 9.17) is 16.3 Å². The molecule has 0 heterocycles. The number of esters is 1. The third-order valence-electron chi connectivity index (χ3n) is 2.91. The average Bonchev–Trinajstić information content (AvgIpc) is 2.53. The van der Waals surface area contributed by atoms with E-state index >= 15 is 0 Å². The Morgan fingerprint density at radius 1 is 1.00 bits per heavy atom. The van der Waals surface area contributed by atoms with Gasteiger partial charge >= 0.3 is 5.97 Å². The van der Waals surface area contributed by atoms with Crippen molar-refractivity contribution in [3.8, 4) is 16.9 Å². The highest BCUT2D eigenvalue weighted by molar-refractivity contribution is 6.30. The molecule has 2 aromatic carbocycles. The standard InChI is InChI=1S/C17H15ClO3/c1-3-16(17(19)20-2)21-15-10-6-13(7-11-15)12-4-8-14(18)9-5-12/h3-11H,1-2H3. The topological polar surface area (TPSA) is 35.5 Å². The number of hydrogen-bond acceptors (Lipinski definition) is 3. The third kappa shape index (κ3) is 3.86. The zero-order chi connectivity index (χ0) is 15.2. The predicted molar refractivity (Wildman–Crippen MR) is 83.3 cm³/mol. The minimum absolute atomic E-state index is 0.164. The van der Waals surface area contributed by atoms with Crippen LogP contribution in [0.3, 0.4) is 0 Å². The number of benzene rings is 2. The van der Waals surface area contributed by atoms with Gasteiger partial charge in [0, 0.05) is 5.02 Å². The van der Waals surface area contributed by atoms with Gasteiger partial charge in [-0.15, -0.1) is 0 Å². The van der Waals surface area contributed by atoms with Crippen molar-refractivity contribution in [2.45, 2.75) is 6.92 Å². The smallest absolute Gasteiger partial charge is 0.373 e. The highest BCUT2D eigenvalue weighted by Crippen LogP contribution is 2.24. The zero-order valence-corrected chi connectivity index (χ0v) is 12.6. The van der Waals surface area contributed by atoms with Crippen molar-refractivity contribution in [1.82, 2.24) is 0 Å². The Bertz CT molecular complexity index is 643. The van der Waals surface area contributed by atoms with Gasteiger partial charge < -0.3 is 9.47 Å². The van der Waals surface area contributed by atoms with Crippen LogP contribution in [0.25, 0.3) is 11.1 Å². The van der Waals surface area contributed by atoms with Crippen LogP contribution in [0.5, 0.6) is 5.75 Å². The Morgan fingerprint density at radius 3 is 2.00 bits per heavy atom. The Balaban J connectivity index is 2.15. The predicted octanol–water partition coefficient (Wildman–Crippen LogP) is 4.46. The summed E-state index contributed by atoms with van der Waals surface area (Å²) >= 11 is 5.87. The fourth-order valence-corrected chi connectivity index (χ4v) is 1.93. The molecule has 0 fully saturated rings. The van der Waals surface area contributed by atoms with Gasteiger partial charge in [-0.05, 0) is 48.4 Å². The Labute approximate surface area is 128 Å². The molecule has 21 heavy (non-hydrogen) atoms. The lowest BCUT2D eigenvalue weighted by molar-refractivity contribution is -0.138. The van der Waals surface area contributed by atoms with Crippen LogP contribution in [0.4, 0.5) is 0 Å². The lowest BCUT2D eigenvalue weighted by Crippen LogP contribution is -2.10. The number of ether oxygens (including phenoxy) is 2. The second-order valence-electron chi connectivity index (χ2n) is 4.28. The average molecular weight is 303 g/mol. The second kappa shape index (κ2) is 6.95. The summed E-state index contributed by atoms with van der Waals surface area (Å²) in [7, 11) is 1.32. The fraction of sp³-hybridized carbons (Fsp3) is 0.118. The number of rotatable bonds is 4. The molecule has 0 saturated carbocycles. The molecular formula is C17H15ClO3. The van der Waals surface area contributed by atoms with E-state index in [0.717, 1.165) is 11.1 Å². The molecule has 2 aromatic rings. The summed E-state index contributed by atoms with van der Waals surface area (Å²) in [5.74, 6) is 0.238. The van der Waals surface area contributed by atoms with Gasteiger partial charge in [-0.25, -0.2) is 4.79 Å². The Kier molecular flexibility index (Phi) is 5.01. The van der Waals surface area contributed by atoms with E-state index in [1.807, 2.05) is 36.4 Å². The van der Waals surface area contributed by atoms with E-state index in [9.17, 15) is 4.79 Å². The van der Waals surface area contributed by atoms with Gasteiger partial charge in [-0.3, -0.25) is 0 Å². The first-order valence-corrected chi connectivity index (χ1v) is 6.80. The molecule has 0 atom stereocenters. The van der Waals surface area contributed by atoms with Crippen LogP contribution in [0, 0.1) is 0 Å². The van der Waals surface area contributed by atoms with Gasteiger partial charge in [-0.2, -0.15) is 0 Å². The van der Waals surface area contributed by atoms with Gasteiger partial charge in [0.1, 0.15) is 5.75 Å². The quantitative estimate of drug-likeness (QED) is 0.475. The molecule has 0 aliphatic heterocycles. The SMILES string of the molecule is CC=C(Oc1ccc(-c2ccc(Cl)cc2)cc1)C(=O)OC. The molecule has 0 amide bonds. The van der Waals surface area contributed by atoms with Crippen molar-refractivity contribution in [2.24, 2.45) is 0 Å². The molecule has 0 N–H and O–H groups in total. The zero-order valence-electron chi connectivity index (χ0n) is 11.8. The van der Waals surface area contributed by atoms with Crippen molar-refractivity contribution in [2.75, 3.05) is 7.11 Å². The molecule has 0 bridgehead atoms. The van der Waals surface area contributed by atoms with Crippen LogP contribution >= 0.6 is 11.6 Å². The molecule has 108 valence electrons. The minimum Gasteiger partial charge on any atom is -0.463 e. The van der Waals surface area contributed by atoms with Crippen molar-refractivity contribution in [3.63, 3.8) is 0 Å². The second-order valence-corrected chi connectivity index (χ2v) is 4.71. The fourth-order valence-electron chi connectivity index (χ4n) is 1.80. The van der Waals surface area contributed by atoms with E-state index in [-0.39, 0.29) is 5.76 Å². The molecule has 4 heteroatoms. The van der Waals surface area contributed by atoms with E-state index in [0.29, 0.717) is 10.8 Å². The number of methoxy groups -OCH3 is 1. The van der Waals surface area contributed by atoms with Crippen LogP contribution in [-0.2, 0) is 9.53 Å². The highest BCUT2D eigenvalue weighted by atomic mass is 35.5. The monoisotopic (exact) mass is 302 g/mol. The maximum absolute atomic E-state index is 11.4. The molecular weight excluding hydrogens is 288 g/mol. The Morgan fingerprint density at radius 2 is 1.52 bits per heavy atom. The maximum atomic E-state index is 11.4. The molecule has 0 aromatic heterocycles. The lowest BCUT2D eigenvalue weighted by Gasteiger charge is -2.08. The van der Waals surface area contributed by atoms with Crippen LogP contribution in [-0.4, -0.2) is 13.1 Å². The molecule has 0 saturated heterocycles. The van der Waals surface area contributed by atoms with Crippen LogP contribution in [0.2, 0.25) is 5.02 Å². The number of allylic oxidation sites excluding steroid dienone is 1. The molecule has 2 rings (SSSR count). The summed E-state index contributed by atoms with van der Waals surface area (Å²) < 4.78 is 10.1. The summed E-state index contributed by atoms with van der Waals surface area (Å²) in [6, 6.07) is 15.0. The molecule has 0 spiro atoms. The van der Waals surface area contributed by atoms with Crippen molar-refractivity contribution >= 4 is 17.6 Å². The van der Waals surface area contributed by atoms with E-state index in [2.05, 4.69) is 4.74 Å². The van der Waals surface area contributed by atoms with Crippen molar-refractivity contribution in [3.05, 3.63) is 65.4 Å². The van der Waals surface area contributed by atoms with Gasteiger partial charge in [-0.1, -0.05) is 35.9 Å². The van der Waals surface area contributed by atoms with Gasteiger partial charge in [0.2, 0.25) is 5.76 Å². The molecule has 0 radical (unpaired) electrons. The number of hydrogen-bond donors (Lipinski definition) is 0. The van der Waals surface area contributed by atoms with Crippen LogP contribution in [0.1, 0.15) is 6.92 Å². The van der Waals surface area contributed by atoms with Crippen molar-refractivity contribution < 1.29 is 14.3 Å². The molecule has 0 aliphatic carbocycles. The number of carbonyl (C=O) groups is 1. The van der Waals surface area contributed by atoms with Crippen LogP contribution < -0.4 is 4.74 Å². The summed E-state index contributed by atoms with van der Waals surface area (Å²) in [6.45, 7) is 1.72. The van der Waals surface area contributed by atoms with Crippen molar-refractivity contribution in [1.29, 1.82) is 0 Å². The number of carbonyl (C=O) groups excluding carboxylic acids is 1. The number of halogens is 1. The molecule has 0 unspecified atom stereocenters. The summed E-state index contributed by atoms with van der Waals surface area (Å²) in [5, 5.41) is 0.703. The first-order valence-electron chi connectivity index (χ1n) is 6.42. The van der Waals surface area contributed by atoms with Gasteiger partial charge in [0.25, 0.3) is 0 Å². The van der Waals surface area contributed by atoms with Crippen LogP contribution in [0.15, 0.2) is 60.4 Å². The largest absolute Gasteiger partial charge is 0.463 e. The maximum Gasteiger partial charge on any atom is 0.373 e. The van der Waals surface area contributed by atoms with E-state index in [1.165, 1.54) is 7.11 Å². The van der Waals surface area contributed by atoms with Gasteiger partial charge in [0.05, 0.1) is 7.11 Å². The molecule has 0 aliphatic rings. The minimum atomic E-state index is -0.501. The first-order chi connectivity index (χ1) is 10.1. The third-order valence-corrected chi connectivity index (χ3v) is 3.16. The first kappa shape index (κ1) is 15.1. The van der Waals surface area contributed by atoms with Gasteiger partial charge in [0.15, 0.2) is 0 Å². The molecule has 3 nitrogen and oxygen atoms in total. The summed E-state index contributed by atoms with van der Waals surface area (Å²) in [5.41, 5.74) is 2.10. The Hall–Kier alpha value is -2.26. The lowest BCUT2D eigenvalue weighted by atomic mass is 10.1. The summed E-state index contributed by atoms with van der Waals surface area (Å²) in [4.78, 5) is 11.4.